The van der Waals surface area contributed by atoms with E-state index in [2.05, 4.69) is 46.5 Å². The highest BCUT2D eigenvalue weighted by atomic mass is 35.5. The largest absolute Gasteiger partial charge is 0.356 e. The van der Waals surface area contributed by atoms with Gasteiger partial charge in [-0.1, -0.05) is 41.6 Å². The summed E-state index contributed by atoms with van der Waals surface area (Å²) in [6, 6.07) is 14.4. The van der Waals surface area contributed by atoms with Crippen LogP contribution in [0.3, 0.4) is 0 Å². The van der Waals surface area contributed by atoms with Crippen molar-refractivity contribution in [1.29, 1.82) is 0 Å². The van der Waals surface area contributed by atoms with E-state index >= 15 is 0 Å². The van der Waals surface area contributed by atoms with Crippen LogP contribution in [0.1, 0.15) is 70.5 Å². The Kier molecular flexibility index (Phi) is 9.90. The summed E-state index contributed by atoms with van der Waals surface area (Å²) in [5.74, 6) is 6.92. The maximum Gasteiger partial charge on any atom is 0.224 e. The summed E-state index contributed by atoms with van der Waals surface area (Å²) >= 11 is 7.87. The van der Waals surface area contributed by atoms with Gasteiger partial charge in [0.2, 0.25) is 11.8 Å². The van der Waals surface area contributed by atoms with E-state index in [-0.39, 0.29) is 24.8 Å². The lowest BCUT2D eigenvalue weighted by Gasteiger charge is -2.13. The molecule has 226 valence electrons. The number of aliphatic imine (C=N–C) groups is 1. The molecule has 9 nitrogen and oxygen atoms in total. The SMILES string of the molecule is Cc1sc2c(c1C)C(c1ccc(Cl)cc1)=NC(CC(=O)NCCCCC(=O)Nc1cccc(C#CCN)c1)c1nnc(C)n1-2. The van der Waals surface area contributed by atoms with Crippen molar-refractivity contribution in [2.24, 2.45) is 10.7 Å². The first-order valence-electron chi connectivity index (χ1n) is 14.5. The van der Waals surface area contributed by atoms with E-state index in [9.17, 15) is 9.59 Å². The van der Waals surface area contributed by atoms with Gasteiger partial charge in [0.15, 0.2) is 5.82 Å². The predicted molar refractivity (Wildman–Crippen MR) is 176 cm³/mol. The Balaban J connectivity index is 1.23. The molecule has 1 aliphatic heterocycles. The molecule has 1 aliphatic rings. The number of rotatable bonds is 9. The van der Waals surface area contributed by atoms with Crippen molar-refractivity contribution >= 4 is 46.2 Å². The lowest BCUT2D eigenvalue weighted by atomic mass is 9.99. The number of aromatic nitrogens is 3. The summed E-state index contributed by atoms with van der Waals surface area (Å²) in [6.07, 6.45) is 1.76. The number of hydrogen-bond donors (Lipinski definition) is 3. The van der Waals surface area contributed by atoms with Crippen LogP contribution < -0.4 is 16.4 Å². The van der Waals surface area contributed by atoms with Gasteiger partial charge in [-0.25, -0.2) is 0 Å². The first-order valence-corrected chi connectivity index (χ1v) is 15.7. The molecule has 44 heavy (non-hydrogen) atoms. The number of halogens is 1. The molecule has 2 aromatic heterocycles. The van der Waals surface area contributed by atoms with Gasteiger partial charge < -0.3 is 16.4 Å². The molecule has 11 heteroatoms. The summed E-state index contributed by atoms with van der Waals surface area (Å²) in [5.41, 5.74) is 10.8. The Morgan fingerprint density at radius 2 is 1.86 bits per heavy atom. The lowest BCUT2D eigenvalue weighted by Crippen LogP contribution is -2.26. The molecule has 0 bridgehead atoms. The van der Waals surface area contributed by atoms with Gasteiger partial charge in [-0.3, -0.25) is 19.1 Å². The molecule has 2 aromatic carbocycles. The minimum atomic E-state index is -0.530. The van der Waals surface area contributed by atoms with Crippen LogP contribution in [0, 0.1) is 32.6 Å². The maximum absolute atomic E-state index is 13.2. The van der Waals surface area contributed by atoms with E-state index in [0.29, 0.717) is 42.3 Å². The topological polar surface area (TPSA) is 127 Å². The molecule has 0 saturated heterocycles. The number of anilines is 1. The van der Waals surface area contributed by atoms with E-state index in [0.717, 1.165) is 38.8 Å². The number of thiophene rings is 1. The number of nitrogens with zero attached hydrogens (tertiary/aromatic N) is 4. The molecular formula is C33H34ClN7O2S. The third-order valence-electron chi connectivity index (χ3n) is 7.37. The smallest absolute Gasteiger partial charge is 0.224 e. The van der Waals surface area contributed by atoms with Crippen molar-refractivity contribution in [2.75, 3.05) is 18.4 Å². The standard InChI is InChI=1S/C33H34ClN7O2S/c1-20-21(2)44-33-30(20)31(24-12-14-25(34)15-13-24)38-27(32-40-39-22(3)41(32)33)19-29(43)36-17-5-4-11-28(42)37-26-10-6-8-23(18-26)9-7-16-35/h6,8,10,12-15,18,27H,4-5,11,16-17,19,35H2,1-3H3,(H,36,43)(H,37,42). The zero-order valence-electron chi connectivity index (χ0n) is 24.9. The summed E-state index contributed by atoms with van der Waals surface area (Å²) in [6.45, 7) is 6.84. The molecule has 5 rings (SSSR count). The fraction of sp³-hybridized carbons (Fsp3) is 0.303. The monoisotopic (exact) mass is 627 g/mol. The van der Waals surface area contributed by atoms with Gasteiger partial charge >= 0.3 is 0 Å². The third-order valence-corrected chi connectivity index (χ3v) is 8.81. The van der Waals surface area contributed by atoms with Crippen molar-refractivity contribution in [3.8, 4) is 16.8 Å². The van der Waals surface area contributed by atoms with Crippen molar-refractivity contribution in [2.45, 2.75) is 52.5 Å². The van der Waals surface area contributed by atoms with Crippen molar-refractivity contribution in [3.05, 3.63) is 92.3 Å². The zero-order valence-corrected chi connectivity index (χ0v) is 26.5. The van der Waals surface area contributed by atoms with Gasteiger partial charge in [-0.15, -0.1) is 21.5 Å². The van der Waals surface area contributed by atoms with Gasteiger partial charge in [0.05, 0.1) is 18.7 Å². The number of carbonyl (C=O) groups is 2. The molecule has 0 fully saturated rings. The number of benzene rings is 2. The predicted octanol–water partition coefficient (Wildman–Crippen LogP) is 5.43. The molecular weight excluding hydrogens is 594 g/mol. The molecule has 0 aliphatic carbocycles. The average Bonchev–Trinajstić information content (AvgIpc) is 3.48. The first kappa shape index (κ1) is 31.1. The van der Waals surface area contributed by atoms with Crippen LogP contribution in [0.4, 0.5) is 5.69 Å². The number of nitrogens with one attached hydrogen (secondary N) is 2. The number of fused-ring (bicyclic) bond motifs is 3. The molecule has 0 saturated carbocycles. The molecule has 0 spiro atoms. The second kappa shape index (κ2) is 14.0. The Labute approximate surface area is 265 Å². The van der Waals surface area contributed by atoms with Gasteiger partial charge in [-0.05, 0) is 69.5 Å². The van der Waals surface area contributed by atoms with Crippen molar-refractivity contribution in [1.82, 2.24) is 20.1 Å². The minimum absolute atomic E-state index is 0.0875. The highest BCUT2D eigenvalue weighted by molar-refractivity contribution is 7.15. The molecule has 3 heterocycles. The zero-order chi connectivity index (χ0) is 31.2. The van der Waals surface area contributed by atoms with E-state index in [1.807, 2.05) is 60.0 Å². The first-order chi connectivity index (χ1) is 21.2. The van der Waals surface area contributed by atoms with Crippen LogP contribution in [0.5, 0.6) is 0 Å². The van der Waals surface area contributed by atoms with Gasteiger partial charge in [0, 0.05) is 45.2 Å². The second-order valence-electron chi connectivity index (χ2n) is 10.6. The second-order valence-corrected chi connectivity index (χ2v) is 12.2. The average molecular weight is 628 g/mol. The number of carbonyl (C=O) groups excluding carboxylic acids is 2. The van der Waals surface area contributed by atoms with Crippen LogP contribution in [0.2, 0.25) is 5.02 Å². The van der Waals surface area contributed by atoms with E-state index < -0.39 is 6.04 Å². The normalized spacial score (nSPS) is 13.6. The van der Waals surface area contributed by atoms with Crippen molar-refractivity contribution < 1.29 is 9.59 Å². The quantitative estimate of drug-likeness (QED) is 0.169. The fourth-order valence-electron chi connectivity index (χ4n) is 5.07. The number of hydrogen-bond acceptors (Lipinski definition) is 7. The Morgan fingerprint density at radius 1 is 1.07 bits per heavy atom. The number of amides is 2. The van der Waals surface area contributed by atoms with Gasteiger partial charge in [0.25, 0.3) is 0 Å². The molecule has 2 amide bonds. The van der Waals surface area contributed by atoms with Crippen LogP contribution in [-0.2, 0) is 9.59 Å². The summed E-state index contributed by atoms with van der Waals surface area (Å²) in [5, 5.41) is 16.4. The Morgan fingerprint density at radius 3 is 2.64 bits per heavy atom. The molecule has 1 atom stereocenters. The number of aryl methyl sites for hydroxylation is 2. The van der Waals surface area contributed by atoms with Crippen molar-refractivity contribution in [3.63, 3.8) is 0 Å². The Hall–Kier alpha value is -4.30. The van der Waals surface area contributed by atoms with Crippen LogP contribution in [0.15, 0.2) is 53.5 Å². The molecule has 4 aromatic rings. The summed E-state index contributed by atoms with van der Waals surface area (Å²) < 4.78 is 2.03. The van der Waals surface area contributed by atoms with Gasteiger partial charge in [-0.2, -0.15) is 0 Å². The molecule has 0 radical (unpaired) electrons. The highest BCUT2D eigenvalue weighted by Gasteiger charge is 2.32. The van der Waals surface area contributed by atoms with E-state index in [1.165, 1.54) is 4.88 Å². The number of nitrogens with two attached hydrogens (primary N) is 1. The molecule has 1 unspecified atom stereocenters. The fourth-order valence-corrected chi connectivity index (χ4v) is 6.41. The number of unbranched alkanes of at least 4 members (excludes halogenated alkanes) is 1. The maximum atomic E-state index is 13.2. The van der Waals surface area contributed by atoms with Gasteiger partial charge in [0.1, 0.15) is 16.9 Å². The van der Waals surface area contributed by atoms with Crippen LogP contribution in [0.25, 0.3) is 5.00 Å². The Bertz CT molecular complexity index is 1780. The molecule has 4 N–H and O–H groups in total. The highest BCUT2D eigenvalue weighted by Crippen LogP contribution is 2.39. The lowest BCUT2D eigenvalue weighted by molar-refractivity contribution is -0.121. The van der Waals surface area contributed by atoms with Crippen LogP contribution >= 0.6 is 22.9 Å². The third kappa shape index (κ3) is 7.08. The van der Waals surface area contributed by atoms with E-state index in [4.69, 9.17) is 22.3 Å². The summed E-state index contributed by atoms with van der Waals surface area (Å²) in [4.78, 5) is 31.9. The van der Waals surface area contributed by atoms with E-state index in [1.54, 1.807) is 11.3 Å². The minimum Gasteiger partial charge on any atom is -0.356 e. The van der Waals surface area contributed by atoms with Crippen LogP contribution in [-0.4, -0.2) is 45.4 Å². The summed E-state index contributed by atoms with van der Waals surface area (Å²) in [7, 11) is 0.